The highest BCUT2D eigenvalue weighted by atomic mass is 16.5. The zero-order valence-electron chi connectivity index (χ0n) is 12.6. The van der Waals surface area contributed by atoms with Crippen molar-refractivity contribution in [1.82, 2.24) is 5.32 Å². The molecule has 0 radical (unpaired) electrons. The standard InChI is InChI=1S/C16H23NO4/c1-3-13(4-2)16(20)17-10-9-12-5-7-14(8-6-12)21-11-15(18)19/h5-8,13H,3-4,9-11H2,1-2H3,(H,17,20)(H,18,19). The number of benzene rings is 1. The lowest BCUT2D eigenvalue weighted by Crippen LogP contribution is -2.31. The van der Waals surface area contributed by atoms with Crippen molar-refractivity contribution in [3.8, 4) is 5.75 Å². The topological polar surface area (TPSA) is 75.6 Å². The molecular weight excluding hydrogens is 270 g/mol. The van der Waals surface area contributed by atoms with Crippen molar-refractivity contribution in [2.75, 3.05) is 13.2 Å². The van der Waals surface area contributed by atoms with E-state index in [1.807, 2.05) is 26.0 Å². The summed E-state index contributed by atoms with van der Waals surface area (Å²) in [7, 11) is 0. The molecule has 0 heterocycles. The number of rotatable bonds is 9. The minimum atomic E-state index is -0.997. The number of amides is 1. The van der Waals surface area contributed by atoms with E-state index in [1.54, 1.807) is 12.1 Å². The van der Waals surface area contributed by atoms with Gasteiger partial charge in [-0.2, -0.15) is 0 Å². The summed E-state index contributed by atoms with van der Waals surface area (Å²) >= 11 is 0. The number of hydrogen-bond acceptors (Lipinski definition) is 3. The predicted octanol–water partition coefficient (Wildman–Crippen LogP) is 2.24. The van der Waals surface area contributed by atoms with E-state index < -0.39 is 5.97 Å². The van der Waals surface area contributed by atoms with Crippen molar-refractivity contribution in [3.63, 3.8) is 0 Å². The van der Waals surface area contributed by atoms with Gasteiger partial charge in [0.05, 0.1) is 0 Å². The van der Waals surface area contributed by atoms with Crippen LogP contribution < -0.4 is 10.1 Å². The molecule has 0 unspecified atom stereocenters. The summed E-state index contributed by atoms with van der Waals surface area (Å²) < 4.78 is 5.06. The van der Waals surface area contributed by atoms with Gasteiger partial charge < -0.3 is 15.2 Å². The second-order valence-corrected chi connectivity index (χ2v) is 4.88. The lowest BCUT2D eigenvalue weighted by Gasteiger charge is -2.12. The molecule has 1 amide bonds. The minimum absolute atomic E-state index is 0.0943. The number of carboxylic acids is 1. The van der Waals surface area contributed by atoms with Gasteiger partial charge in [-0.1, -0.05) is 26.0 Å². The second-order valence-electron chi connectivity index (χ2n) is 4.88. The van der Waals surface area contributed by atoms with Crippen LogP contribution in [-0.4, -0.2) is 30.1 Å². The molecule has 2 N–H and O–H groups in total. The highest BCUT2D eigenvalue weighted by molar-refractivity contribution is 5.78. The van der Waals surface area contributed by atoms with Gasteiger partial charge in [0.25, 0.3) is 0 Å². The van der Waals surface area contributed by atoms with Gasteiger partial charge in [0.1, 0.15) is 5.75 Å². The van der Waals surface area contributed by atoms with Crippen molar-refractivity contribution in [2.45, 2.75) is 33.1 Å². The summed E-state index contributed by atoms with van der Waals surface area (Å²) in [6.45, 7) is 4.29. The molecule has 21 heavy (non-hydrogen) atoms. The Morgan fingerprint density at radius 3 is 2.33 bits per heavy atom. The fourth-order valence-electron chi connectivity index (χ4n) is 2.03. The first-order valence-corrected chi connectivity index (χ1v) is 7.28. The van der Waals surface area contributed by atoms with Crippen LogP contribution in [-0.2, 0) is 16.0 Å². The monoisotopic (exact) mass is 293 g/mol. The summed E-state index contributed by atoms with van der Waals surface area (Å²) in [6, 6.07) is 7.23. The molecule has 0 atom stereocenters. The summed E-state index contributed by atoms with van der Waals surface area (Å²) in [5.74, 6) is -0.261. The number of carboxylic acid groups (broad SMARTS) is 1. The minimum Gasteiger partial charge on any atom is -0.482 e. The summed E-state index contributed by atoms with van der Waals surface area (Å²) in [4.78, 5) is 22.2. The molecular formula is C16H23NO4. The van der Waals surface area contributed by atoms with E-state index in [-0.39, 0.29) is 18.4 Å². The van der Waals surface area contributed by atoms with Gasteiger partial charge >= 0.3 is 5.97 Å². The molecule has 5 heteroatoms. The Labute approximate surface area is 125 Å². The molecule has 1 rings (SSSR count). The van der Waals surface area contributed by atoms with E-state index in [1.165, 1.54) is 0 Å². The van der Waals surface area contributed by atoms with E-state index in [4.69, 9.17) is 9.84 Å². The average molecular weight is 293 g/mol. The fraction of sp³-hybridized carbons (Fsp3) is 0.500. The third kappa shape index (κ3) is 6.29. The van der Waals surface area contributed by atoms with Crippen LogP contribution in [0.3, 0.4) is 0 Å². The van der Waals surface area contributed by atoms with Gasteiger partial charge in [0.15, 0.2) is 6.61 Å². The SMILES string of the molecule is CCC(CC)C(=O)NCCc1ccc(OCC(=O)O)cc1. The quantitative estimate of drug-likeness (QED) is 0.732. The number of carbonyl (C=O) groups is 2. The lowest BCUT2D eigenvalue weighted by atomic mass is 10.0. The van der Waals surface area contributed by atoms with Crippen LogP contribution in [0.5, 0.6) is 5.75 Å². The molecule has 0 aliphatic heterocycles. The number of aliphatic carboxylic acids is 1. The van der Waals surface area contributed by atoms with Crippen LogP contribution in [0, 0.1) is 5.92 Å². The largest absolute Gasteiger partial charge is 0.482 e. The maximum Gasteiger partial charge on any atom is 0.341 e. The second kappa shape index (κ2) is 9.00. The van der Waals surface area contributed by atoms with Crippen LogP contribution in [0.2, 0.25) is 0 Å². The van der Waals surface area contributed by atoms with Gasteiger partial charge in [0.2, 0.25) is 5.91 Å². The molecule has 0 bridgehead atoms. The number of carbonyl (C=O) groups excluding carboxylic acids is 1. The van der Waals surface area contributed by atoms with Gasteiger partial charge in [-0.05, 0) is 37.0 Å². The molecule has 0 saturated carbocycles. The molecule has 0 spiro atoms. The first-order chi connectivity index (χ1) is 10.1. The maximum atomic E-state index is 11.8. The zero-order valence-corrected chi connectivity index (χ0v) is 12.6. The third-order valence-electron chi connectivity index (χ3n) is 3.35. The molecule has 0 saturated heterocycles. The van der Waals surface area contributed by atoms with Crippen LogP contribution >= 0.6 is 0 Å². The van der Waals surface area contributed by atoms with Crippen molar-refractivity contribution in [2.24, 2.45) is 5.92 Å². The Balaban J connectivity index is 2.36. The fourth-order valence-corrected chi connectivity index (χ4v) is 2.03. The molecule has 0 aliphatic rings. The van der Waals surface area contributed by atoms with Crippen LogP contribution in [0.1, 0.15) is 32.3 Å². The predicted molar refractivity (Wildman–Crippen MR) is 80.4 cm³/mol. The number of hydrogen-bond donors (Lipinski definition) is 2. The Hall–Kier alpha value is -2.04. The molecule has 0 aliphatic carbocycles. The Morgan fingerprint density at radius 1 is 1.19 bits per heavy atom. The summed E-state index contributed by atoms with van der Waals surface area (Å²) in [5.41, 5.74) is 1.07. The van der Waals surface area contributed by atoms with E-state index in [0.29, 0.717) is 12.3 Å². The van der Waals surface area contributed by atoms with Crippen LogP contribution in [0.25, 0.3) is 0 Å². The Morgan fingerprint density at radius 2 is 1.81 bits per heavy atom. The molecule has 0 aromatic heterocycles. The van der Waals surface area contributed by atoms with Gasteiger partial charge in [-0.15, -0.1) is 0 Å². The highest BCUT2D eigenvalue weighted by Crippen LogP contribution is 2.12. The normalized spacial score (nSPS) is 10.4. The van der Waals surface area contributed by atoms with Crippen molar-refractivity contribution < 1.29 is 19.4 Å². The van der Waals surface area contributed by atoms with E-state index in [9.17, 15) is 9.59 Å². The van der Waals surface area contributed by atoms with Crippen molar-refractivity contribution in [1.29, 1.82) is 0 Å². The smallest absolute Gasteiger partial charge is 0.341 e. The van der Waals surface area contributed by atoms with E-state index in [0.717, 1.165) is 24.8 Å². The number of ether oxygens (including phenoxy) is 1. The van der Waals surface area contributed by atoms with Crippen molar-refractivity contribution >= 4 is 11.9 Å². The average Bonchev–Trinajstić information content (AvgIpc) is 2.47. The molecule has 1 aromatic carbocycles. The van der Waals surface area contributed by atoms with Gasteiger partial charge in [-0.3, -0.25) is 4.79 Å². The van der Waals surface area contributed by atoms with E-state index in [2.05, 4.69) is 5.32 Å². The summed E-state index contributed by atoms with van der Waals surface area (Å²) in [5, 5.41) is 11.5. The molecule has 0 fully saturated rings. The lowest BCUT2D eigenvalue weighted by molar-refractivity contribution is -0.139. The molecule has 116 valence electrons. The van der Waals surface area contributed by atoms with Gasteiger partial charge in [0, 0.05) is 12.5 Å². The van der Waals surface area contributed by atoms with Crippen LogP contribution in [0.15, 0.2) is 24.3 Å². The third-order valence-corrected chi connectivity index (χ3v) is 3.35. The Bertz CT molecular complexity index is 452. The summed E-state index contributed by atoms with van der Waals surface area (Å²) in [6.07, 6.45) is 2.46. The highest BCUT2D eigenvalue weighted by Gasteiger charge is 2.12. The van der Waals surface area contributed by atoms with Gasteiger partial charge in [-0.25, -0.2) is 4.79 Å². The number of nitrogens with one attached hydrogen (secondary N) is 1. The first kappa shape index (κ1) is 17.0. The molecule has 5 nitrogen and oxygen atoms in total. The first-order valence-electron chi connectivity index (χ1n) is 7.28. The maximum absolute atomic E-state index is 11.8. The van der Waals surface area contributed by atoms with Crippen molar-refractivity contribution in [3.05, 3.63) is 29.8 Å². The zero-order chi connectivity index (χ0) is 15.7. The molecule has 1 aromatic rings. The Kier molecular flexibility index (Phi) is 7.29. The van der Waals surface area contributed by atoms with Crippen LogP contribution in [0.4, 0.5) is 0 Å². The van der Waals surface area contributed by atoms with E-state index >= 15 is 0 Å².